The largest absolute Gasteiger partial charge is 0.390 e. The van der Waals surface area contributed by atoms with E-state index >= 15 is 0 Å². The fourth-order valence-corrected chi connectivity index (χ4v) is 0.733. The molecule has 0 aromatic carbocycles. The van der Waals surface area contributed by atoms with Gasteiger partial charge in [-0.25, -0.2) is 9.59 Å². The number of carbonyl (C=O) groups is 3. The maximum absolute atomic E-state index is 11.2. The second kappa shape index (κ2) is 7.58. The molecule has 0 saturated heterocycles. The lowest BCUT2D eigenvalue weighted by molar-refractivity contribution is -0.270. The third kappa shape index (κ3) is 5.92. The van der Waals surface area contributed by atoms with Crippen LogP contribution in [0.2, 0.25) is 0 Å². The molecule has 6 nitrogen and oxygen atoms in total. The summed E-state index contributed by atoms with van der Waals surface area (Å²) in [6.45, 7) is 6.44. The van der Waals surface area contributed by atoms with Crippen LogP contribution in [-0.4, -0.2) is 24.5 Å². The third-order valence-electron chi connectivity index (χ3n) is 1.51. The van der Waals surface area contributed by atoms with E-state index in [2.05, 4.69) is 21.1 Å². The van der Waals surface area contributed by atoms with Crippen molar-refractivity contribution in [3.63, 3.8) is 0 Å². The van der Waals surface area contributed by atoms with Crippen molar-refractivity contribution in [3.05, 3.63) is 12.7 Å². The van der Waals surface area contributed by atoms with Crippen molar-refractivity contribution in [2.75, 3.05) is 6.61 Å². The summed E-state index contributed by atoms with van der Waals surface area (Å²) in [4.78, 5) is 41.6. The lowest BCUT2D eigenvalue weighted by Gasteiger charge is -2.07. The molecule has 0 bridgehead atoms. The van der Waals surface area contributed by atoms with Crippen molar-refractivity contribution in [2.24, 2.45) is 5.92 Å². The van der Waals surface area contributed by atoms with Gasteiger partial charge in [0.05, 0.1) is 18.9 Å². The molecule has 1 atom stereocenters. The van der Waals surface area contributed by atoms with Gasteiger partial charge in [0.1, 0.15) is 0 Å². The fraction of sp³-hybridized carbons (Fsp3) is 0.500. The van der Waals surface area contributed by atoms with E-state index in [4.69, 9.17) is 0 Å². The second-order valence-corrected chi connectivity index (χ2v) is 2.91. The Labute approximate surface area is 93.1 Å². The molecule has 0 aromatic rings. The quantitative estimate of drug-likeness (QED) is 0.220. The molecule has 0 amide bonds. The SMILES string of the molecule is C=CC(=O)OC(=O)C(C)CC(=O)OOCC. The van der Waals surface area contributed by atoms with Crippen LogP contribution in [0.4, 0.5) is 0 Å². The minimum atomic E-state index is -0.852. The van der Waals surface area contributed by atoms with E-state index in [-0.39, 0.29) is 13.0 Å². The van der Waals surface area contributed by atoms with Crippen LogP contribution < -0.4 is 0 Å². The standard InChI is InChI=1S/C10H14O6/c1-4-8(11)15-10(13)7(3)6-9(12)16-14-5-2/h4,7H,1,5-6H2,2-3H3. The minimum Gasteiger partial charge on any atom is -0.390 e. The van der Waals surface area contributed by atoms with Crippen LogP contribution in [0, 0.1) is 5.92 Å². The van der Waals surface area contributed by atoms with E-state index < -0.39 is 23.8 Å². The first-order chi connectivity index (χ1) is 7.51. The lowest BCUT2D eigenvalue weighted by Crippen LogP contribution is -2.21. The molecular weight excluding hydrogens is 216 g/mol. The van der Waals surface area contributed by atoms with Crippen molar-refractivity contribution >= 4 is 17.9 Å². The Hall–Kier alpha value is -1.69. The molecule has 0 fully saturated rings. The maximum atomic E-state index is 11.2. The summed E-state index contributed by atoms with van der Waals surface area (Å²) >= 11 is 0. The van der Waals surface area contributed by atoms with Gasteiger partial charge in [0.2, 0.25) is 0 Å². The van der Waals surface area contributed by atoms with Crippen molar-refractivity contribution in [3.8, 4) is 0 Å². The van der Waals surface area contributed by atoms with E-state index in [9.17, 15) is 14.4 Å². The van der Waals surface area contributed by atoms with Crippen LogP contribution in [0.1, 0.15) is 20.3 Å². The first-order valence-corrected chi connectivity index (χ1v) is 4.71. The number of hydrogen-bond donors (Lipinski definition) is 0. The summed E-state index contributed by atoms with van der Waals surface area (Å²) in [6.07, 6.45) is 0.645. The lowest BCUT2D eigenvalue weighted by atomic mass is 10.1. The molecule has 0 aliphatic carbocycles. The van der Waals surface area contributed by atoms with Crippen LogP contribution in [-0.2, 0) is 28.9 Å². The number of ether oxygens (including phenoxy) is 1. The van der Waals surface area contributed by atoms with E-state index in [1.54, 1.807) is 6.92 Å². The van der Waals surface area contributed by atoms with Gasteiger partial charge in [0.15, 0.2) is 0 Å². The van der Waals surface area contributed by atoms with Crippen LogP contribution >= 0.6 is 0 Å². The van der Waals surface area contributed by atoms with Crippen LogP contribution in [0.25, 0.3) is 0 Å². The summed E-state index contributed by atoms with van der Waals surface area (Å²) in [7, 11) is 0. The number of esters is 2. The molecule has 0 radical (unpaired) electrons. The smallest absolute Gasteiger partial charge is 0.343 e. The summed E-state index contributed by atoms with van der Waals surface area (Å²) in [6, 6.07) is 0. The summed E-state index contributed by atoms with van der Waals surface area (Å²) < 4.78 is 4.32. The van der Waals surface area contributed by atoms with Gasteiger partial charge in [0, 0.05) is 6.08 Å². The Bertz CT molecular complexity index is 283. The molecule has 0 heterocycles. The monoisotopic (exact) mass is 230 g/mol. The first kappa shape index (κ1) is 14.3. The maximum Gasteiger partial charge on any atom is 0.343 e. The molecule has 0 rings (SSSR count). The van der Waals surface area contributed by atoms with Gasteiger partial charge >= 0.3 is 17.9 Å². The second-order valence-electron chi connectivity index (χ2n) is 2.91. The molecule has 16 heavy (non-hydrogen) atoms. The molecule has 0 aromatic heterocycles. The van der Waals surface area contributed by atoms with Gasteiger partial charge in [0.25, 0.3) is 0 Å². The van der Waals surface area contributed by atoms with Gasteiger partial charge in [-0.15, -0.1) is 0 Å². The van der Waals surface area contributed by atoms with Crippen LogP contribution in [0.3, 0.4) is 0 Å². The summed E-state index contributed by atoms with van der Waals surface area (Å²) in [5.41, 5.74) is 0. The molecular formula is C10H14O6. The summed E-state index contributed by atoms with van der Waals surface area (Å²) in [5, 5.41) is 0. The fourth-order valence-electron chi connectivity index (χ4n) is 0.733. The topological polar surface area (TPSA) is 78.9 Å². The summed E-state index contributed by atoms with van der Waals surface area (Å²) in [5.74, 6) is -3.14. The zero-order chi connectivity index (χ0) is 12.6. The Kier molecular flexibility index (Phi) is 6.78. The molecule has 1 unspecified atom stereocenters. The molecule has 0 N–H and O–H groups in total. The minimum absolute atomic E-state index is 0.219. The molecule has 0 saturated carbocycles. The Balaban J connectivity index is 3.99. The first-order valence-electron chi connectivity index (χ1n) is 4.71. The van der Waals surface area contributed by atoms with E-state index in [0.717, 1.165) is 6.08 Å². The zero-order valence-electron chi connectivity index (χ0n) is 9.23. The highest BCUT2D eigenvalue weighted by Crippen LogP contribution is 2.06. The van der Waals surface area contributed by atoms with Gasteiger partial charge < -0.3 is 4.74 Å². The molecule has 6 heteroatoms. The van der Waals surface area contributed by atoms with E-state index in [1.165, 1.54) is 6.92 Å². The predicted molar refractivity (Wildman–Crippen MR) is 52.8 cm³/mol. The Morgan fingerprint density at radius 2 is 2.00 bits per heavy atom. The molecule has 0 aliphatic rings. The molecule has 0 aliphatic heterocycles. The van der Waals surface area contributed by atoms with E-state index in [1.807, 2.05) is 0 Å². The van der Waals surface area contributed by atoms with Gasteiger partial charge in [-0.05, 0) is 6.92 Å². The average molecular weight is 230 g/mol. The third-order valence-corrected chi connectivity index (χ3v) is 1.51. The van der Waals surface area contributed by atoms with E-state index in [0.29, 0.717) is 0 Å². The van der Waals surface area contributed by atoms with Gasteiger partial charge in [-0.3, -0.25) is 9.68 Å². The number of carbonyl (C=O) groups excluding carboxylic acids is 3. The van der Waals surface area contributed by atoms with Gasteiger partial charge in [-0.1, -0.05) is 13.5 Å². The Morgan fingerprint density at radius 3 is 2.50 bits per heavy atom. The highest BCUT2D eigenvalue weighted by molar-refractivity contribution is 5.93. The Morgan fingerprint density at radius 1 is 1.38 bits per heavy atom. The molecule has 0 spiro atoms. The zero-order valence-corrected chi connectivity index (χ0v) is 9.23. The van der Waals surface area contributed by atoms with Crippen LogP contribution in [0.5, 0.6) is 0 Å². The van der Waals surface area contributed by atoms with Crippen molar-refractivity contribution < 1.29 is 28.9 Å². The highest BCUT2D eigenvalue weighted by atomic mass is 17.2. The number of rotatable bonds is 6. The number of hydrogen-bond acceptors (Lipinski definition) is 6. The average Bonchev–Trinajstić information content (AvgIpc) is 2.25. The van der Waals surface area contributed by atoms with Crippen LogP contribution in [0.15, 0.2) is 12.7 Å². The highest BCUT2D eigenvalue weighted by Gasteiger charge is 2.21. The van der Waals surface area contributed by atoms with Gasteiger partial charge in [-0.2, -0.15) is 4.89 Å². The van der Waals surface area contributed by atoms with Crippen molar-refractivity contribution in [1.82, 2.24) is 0 Å². The molecule has 90 valence electrons. The predicted octanol–water partition coefficient (Wildman–Crippen LogP) is 0.763. The normalized spacial score (nSPS) is 11.4. The van der Waals surface area contributed by atoms with Crippen molar-refractivity contribution in [2.45, 2.75) is 20.3 Å². The van der Waals surface area contributed by atoms with Crippen molar-refractivity contribution in [1.29, 1.82) is 0 Å².